The van der Waals surface area contributed by atoms with Gasteiger partial charge in [0.25, 0.3) is 0 Å². The molecule has 0 saturated carbocycles. The Balaban J connectivity index is 1.62. The normalized spacial score (nSPS) is 13.1. The quantitative estimate of drug-likeness (QED) is 0.588. The lowest BCUT2D eigenvalue weighted by atomic mass is 9.96. The van der Waals surface area contributed by atoms with Gasteiger partial charge in [0.1, 0.15) is 0 Å². The lowest BCUT2D eigenvalue weighted by Gasteiger charge is -2.18. The number of para-hydroxylation sites is 1. The number of thioether (sulfide) groups is 1. The highest BCUT2D eigenvalue weighted by molar-refractivity contribution is 8.00. The molecule has 0 aliphatic heterocycles. The van der Waals surface area contributed by atoms with Gasteiger partial charge in [0.15, 0.2) is 0 Å². The summed E-state index contributed by atoms with van der Waals surface area (Å²) in [5.74, 6) is 0.290. The molecule has 0 radical (unpaired) electrons. The summed E-state index contributed by atoms with van der Waals surface area (Å²) < 4.78 is 1.68. The molecular weight excluding hydrogens is 370 g/mol. The number of rotatable bonds is 8. The fraction of sp³-hybridized carbons (Fsp3) is 0.333. The van der Waals surface area contributed by atoms with Crippen LogP contribution in [0.15, 0.2) is 59.8 Å². The number of carbonyl (C=O) groups is 1. The lowest BCUT2D eigenvalue weighted by Crippen LogP contribution is -2.34. The van der Waals surface area contributed by atoms with Crippen molar-refractivity contribution in [3.05, 3.63) is 65.7 Å². The largest absolute Gasteiger partial charge is 0.355 e. The number of hydrogen-bond acceptors (Lipinski definition) is 5. The molecule has 0 aliphatic carbocycles. The minimum absolute atomic E-state index is 0.0151. The predicted molar refractivity (Wildman–Crippen MR) is 112 cm³/mol. The molecule has 146 valence electrons. The van der Waals surface area contributed by atoms with E-state index in [0.29, 0.717) is 17.6 Å². The molecule has 3 rings (SSSR count). The van der Waals surface area contributed by atoms with E-state index >= 15 is 0 Å². The Bertz CT molecular complexity index is 912. The maximum Gasteiger partial charge on any atom is 0.233 e. The van der Waals surface area contributed by atoms with Crippen molar-refractivity contribution >= 4 is 17.7 Å². The van der Waals surface area contributed by atoms with Gasteiger partial charge >= 0.3 is 0 Å². The van der Waals surface area contributed by atoms with Gasteiger partial charge in [-0.2, -0.15) is 4.68 Å². The SMILES string of the molecule is CC[C@H](CNC(=O)[C@@H](C)Sc1nnnn1-c1ccccc1C)c1ccccc1. The van der Waals surface area contributed by atoms with E-state index in [1.54, 1.807) is 4.68 Å². The first-order valence-corrected chi connectivity index (χ1v) is 10.3. The van der Waals surface area contributed by atoms with Gasteiger partial charge in [0.2, 0.25) is 11.1 Å². The summed E-state index contributed by atoms with van der Waals surface area (Å²) in [6.07, 6.45) is 0.970. The standard InChI is InChI=1S/C21H25N5OS/c1-4-17(18-11-6-5-7-12-18)14-22-20(27)16(3)28-21-23-24-25-26(21)19-13-9-8-10-15(19)2/h5-13,16-17H,4,14H2,1-3H3,(H,22,27)/t16-,17-/m1/s1. The Kier molecular flexibility index (Phi) is 6.81. The number of aromatic nitrogens is 4. The first kappa shape index (κ1) is 20.1. The number of nitrogens with one attached hydrogen (secondary N) is 1. The van der Waals surface area contributed by atoms with Crippen molar-refractivity contribution in [1.82, 2.24) is 25.5 Å². The van der Waals surface area contributed by atoms with Gasteiger partial charge < -0.3 is 5.32 Å². The van der Waals surface area contributed by atoms with Crippen molar-refractivity contribution in [2.75, 3.05) is 6.54 Å². The van der Waals surface area contributed by atoms with E-state index in [1.165, 1.54) is 17.3 Å². The zero-order valence-electron chi connectivity index (χ0n) is 16.4. The second-order valence-corrected chi connectivity index (χ2v) is 7.99. The van der Waals surface area contributed by atoms with Crippen LogP contribution in [-0.4, -0.2) is 37.9 Å². The number of amides is 1. The van der Waals surface area contributed by atoms with Crippen LogP contribution in [0, 0.1) is 6.92 Å². The fourth-order valence-electron chi connectivity index (χ4n) is 3.01. The number of tetrazole rings is 1. The van der Waals surface area contributed by atoms with Gasteiger partial charge in [0, 0.05) is 12.5 Å². The van der Waals surface area contributed by atoms with Crippen LogP contribution in [0.25, 0.3) is 5.69 Å². The minimum atomic E-state index is -0.304. The van der Waals surface area contributed by atoms with E-state index in [1.807, 2.05) is 56.3 Å². The van der Waals surface area contributed by atoms with Crippen LogP contribution >= 0.6 is 11.8 Å². The molecule has 3 aromatic rings. The monoisotopic (exact) mass is 395 g/mol. The van der Waals surface area contributed by atoms with E-state index in [9.17, 15) is 4.79 Å². The van der Waals surface area contributed by atoms with Crippen LogP contribution in [0.3, 0.4) is 0 Å². The van der Waals surface area contributed by atoms with Crippen molar-refractivity contribution in [2.45, 2.75) is 43.5 Å². The van der Waals surface area contributed by atoms with E-state index in [4.69, 9.17) is 0 Å². The molecule has 0 fully saturated rings. The summed E-state index contributed by atoms with van der Waals surface area (Å²) in [4.78, 5) is 12.6. The van der Waals surface area contributed by atoms with Gasteiger partial charge in [0.05, 0.1) is 10.9 Å². The smallest absolute Gasteiger partial charge is 0.233 e. The highest BCUT2D eigenvalue weighted by atomic mass is 32.2. The van der Waals surface area contributed by atoms with Crippen LogP contribution < -0.4 is 5.32 Å². The number of hydrogen-bond donors (Lipinski definition) is 1. The zero-order valence-corrected chi connectivity index (χ0v) is 17.2. The Morgan fingerprint density at radius 1 is 1.14 bits per heavy atom. The molecule has 0 bridgehead atoms. The minimum Gasteiger partial charge on any atom is -0.355 e. The molecular formula is C21H25N5OS. The van der Waals surface area contributed by atoms with Crippen molar-refractivity contribution < 1.29 is 4.79 Å². The van der Waals surface area contributed by atoms with Crippen LogP contribution in [0.5, 0.6) is 0 Å². The van der Waals surface area contributed by atoms with Gasteiger partial charge in [-0.1, -0.05) is 67.2 Å². The third kappa shape index (κ3) is 4.78. The summed E-state index contributed by atoms with van der Waals surface area (Å²) in [6, 6.07) is 18.2. The summed E-state index contributed by atoms with van der Waals surface area (Å²) in [6.45, 7) is 6.64. The summed E-state index contributed by atoms with van der Waals surface area (Å²) >= 11 is 1.36. The van der Waals surface area contributed by atoms with E-state index in [0.717, 1.165) is 17.7 Å². The summed E-state index contributed by atoms with van der Waals surface area (Å²) in [7, 11) is 0. The van der Waals surface area contributed by atoms with E-state index in [2.05, 4.69) is 39.9 Å². The molecule has 1 aromatic heterocycles. The first-order chi connectivity index (χ1) is 13.6. The van der Waals surface area contributed by atoms with Gasteiger partial charge in [-0.05, 0) is 47.9 Å². The van der Waals surface area contributed by atoms with Gasteiger partial charge in [-0.15, -0.1) is 5.10 Å². The van der Waals surface area contributed by atoms with Gasteiger partial charge in [-0.3, -0.25) is 4.79 Å². The van der Waals surface area contributed by atoms with E-state index in [-0.39, 0.29) is 11.2 Å². The predicted octanol–water partition coefficient (Wildman–Crippen LogP) is 3.76. The first-order valence-electron chi connectivity index (χ1n) is 9.43. The number of carbonyl (C=O) groups excluding carboxylic acids is 1. The summed E-state index contributed by atoms with van der Waals surface area (Å²) in [5.41, 5.74) is 3.23. The highest BCUT2D eigenvalue weighted by Gasteiger charge is 2.20. The maximum atomic E-state index is 12.6. The molecule has 28 heavy (non-hydrogen) atoms. The fourth-order valence-corrected chi connectivity index (χ4v) is 3.83. The molecule has 0 spiro atoms. The Hall–Kier alpha value is -2.67. The Morgan fingerprint density at radius 3 is 2.57 bits per heavy atom. The van der Waals surface area contributed by atoms with Crippen molar-refractivity contribution in [3.8, 4) is 5.69 Å². The number of aryl methyl sites for hydroxylation is 1. The van der Waals surface area contributed by atoms with Crippen molar-refractivity contribution in [1.29, 1.82) is 0 Å². The van der Waals surface area contributed by atoms with Crippen LogP contribution in [0.4, 0.5) is 0 Å². The molecule has 0 unspecified atom stereocenters. The van der Waals surface area contributed by atoms with Crippen molar-refractivity contribution in [3.63, 3.8) is 0 Å². The van der Waals surface area contributed by atoms with Crippen LogP contribution in [0.2, 0.25) is 0 Å². The maximum absolute atomic E-state index is 12.6. The third-order valence-electron chi connectivity index (χ3n) is 4.72. The second-order valence-electron chi connectivity index (χ2n) is 6.68. The molecule has 0 aliphatic rings. The van der Waals surface area contributed by atoms with Crippen LogP contribution in [0.1, 0.15) is 37.3 Å². The number of benzene rings is 2. The topological polar surface area (TPSA) is 72.7 Å². The molecule has 6 nitrogen and oxygen atoms in total. The van der Waals surface area contributed by atoms with Gasteiger partial charge in [-0.25, -0.2) is 0 Å². The third-order valence-corrected chi connectivity index (χ3v) is 5.76. The van der Waals surface area contributed by atoms with Crippen molar-refractivity contribution in [2.24, 2.45) is 0 Å². The molecule has 1 N–H and O–H groups in total. The molecule has 0 saturated heterocycles. The lowest BCUT2D eigenvalue weighted by molar-refractivity contribution is -0.120. The average molecular weight is 396 g/mol. The Morgan fingerprint density at radius 2 is 1.86 bits per heavy atom. The van der Waals surface area contributed by atoms with E-state index < -0.39 is 0 Å². The average Bonchev–Trinajstić information content (AvgIpc) is 3.17. The molecule has 7 heteroatoms. The summed E-state index contributed by atoms with van der Waals surface area (Å²) in [5, 5.41) is 15.4. The Labute approximate surface area is 169 Å². The molecule has 1 amide bonds. The molecule has 2 atom stereocenters. The molecule has 1 heterocycles. The number of nitrogens with zero attached hydrogens (tertiary/aromatic N) is 4. The van der Waals surface area contributed by atoms with Crippen LogP contribution in [-0.2, 0) is 4.79 Å². The zero-order chi connectivity index (χ0) is 19.9. The second kappa shape index (κ2) is 9.50. The molecule has 2 aromatic carbocycles. The highest BCUT2D eigenvalue weighted by Crippen LogP contribution is 2.24.